The van der Waals surface area contributed by atoms with Gasteiger partial charge in [-0.1, -0.05) is 12.1 Å². The largest absolute Gasteiger partial charge is 0.454 e. The maximum Gasteiger partial charge on any atom is 0.416 e. The highest BCUT2D eigenvalue weighted by atomic mass is 19.4. The molecule has 0 saturated carbocycles. The number of halogens is 3. The van der Waals surface area contributed by atoms with Crippen LogP contribution in [0.1, 0.15) is 16.7 Å². The van der Waals surface area contributed by atoms with Gasteiger partial charge in [0.1, 0.15) is 0 Å². The van der Waals surface area contributed by atoms with Gasteiger partial charge in [-0.05, 0) is 35.9 Å². The first kappa shape index (κ1) is 14.6. The molecule has 2 aliphatic heterocycles. The number of rotatable bonds is 1. The Morgan fingerprint density at radius 1 is 1.04 bits per heavy atom. The fourth-order valence-electron chi connectivity index (χ4n) is 2.68. The molecular formula is C17H10F3NO3. The van der Waals surface area contributed by atoms with Crippen molar-refractivity contribution in [3.05, 3.63) is 53.1 Å². The third kappa shape index (κ3) is 2.38. The predicted octanol–water partition coefficient (Wildman–Crippen LogP) is 3.93. The van der Waals surface area contributed by atoms with Crippen molar-refractivity contribution in [2.45, 2.75) is 6.18 Å². The predicted molar refractivity (Wildman–Crippen MR) is 80.5 cm³/mol. The third-order valence-electron chi connectivity index (χ3n) is 3.84. The highest BCUT2D eigenvalue weighted by Crippen LogP contribution is 2.39. The number of fused-ring (bicyclic) bond motifs is 2. The molecule has 0 unspecified atom stereocenters. The van der Waals surface area contributed by atoms with Gasteiger partial charge in [0, 0.05) is 16.8 Å². The zero-order valence-electron chi connectivity index (χ0n) is 12.1. The molecular weight excluding hydrogens is 323 g/mol. The van der Waals surface area contributed by atoms with E-state index in [0.717, 1.165) is 12.1 Å². The summed E-state index contributed by atoms with van der Waals surface area (Å²) in [5, 5.41) is 2.47. The second-order valence-electron chi connectivity index (χ2n) is 5.38. The van der Waals surface area contributed by atoms with Gasteiger partial charge in [-0.25, -0.2) is 0 Å². The van der Waals surface area contributed by atoms with Gasteiger partial charge < -0.3 is 14.8 Å². The first-order valence-corrected chi connectivity index (χ1v) is 7.06. The lowest BCUT2D eigenvalue weighted by Crippen LogP contribution is -2.06. The smallest absolute Gasteiger partial charge is 0.416 e. The molecule has 1 N–H and O–H groups in total. The molecule has 2 heterocycles. The summed E-state index contributed by atoms with van der Waals surface area (Å²) in [6.07, 6.45) is -2.85. The van der Waals surface area contributed by atoms with Crippen LogP contribution >= 0.6 is 0 Å². The molecule has 0 aliphatic carbocycles. The number of anilines is 1. The van der Waals surface area contributed by atoms with Crippen molar-refractivity contribution >= 4 is 23.2 Å². The average molecular weight is 333 g/mol. The fourth-order valence-corrected chi connectivity index (χ4v) is 2.68. The zero-order valence-corrected chi connectivity index (χ0v) is 12.1. The van der Waals surface area contributed by atoms with E-state index in [-0.39, 0.29) is 12.5 Å². The maximum atomic E-state index is 12.8. The Hall–Kier alpha value is -2.96. The molecule has 7 heteroatoms. The van der Waals surface area contributed by atoms with Crippen LogP contribution in [0.3, 0.4) is 0 Å². The van der Waals surface area contributed by atoms with Gasteiger partial charge in [0.2, 0.25) is 6.79 Å². The number of benzene rings is 2. The number of carbonyl (C=O) groups excluding carboxylic acids is 1. The fraction of sp³-hybridized carbons (Fsp3) is 0.118. The van der Waals surface area contributed by atoms with Crippen LogP contribution in [0.4, 0.5) is 18.9 Å². The molecule has 2 aromatic carbocycles. The molecule has 2 aliphatic rings. The molecule has 4 nitrogen and oxygen atoms in total. The van der Waals surface area contributed by atoms with E-state index < -0.39 is 17.6 Å². The Morgan fingerprint density at radius 2 is 1.83 bits per heavy atom. The lowest BCUT2D eigenvalue weighted by atomic mass is 10.0. The van der Waals surface area contributed by atoms with Crippen LogP contribution in [-0.2, 0) is 11.0 Å². The van der Waals surface area contributed by atoms with Gasteiger partial charge in [-0.15, -0.1) is 0 Å². The monoisotopic (exact) mass is 333 g/mol. The van der Waals surface area contributed by atoms with E-state index in [1.165, 1.54) is 6.07 Å². The zero-order chi connectivity index (χ0) is 16.9. The molecule has 4 rings (SSSR count). The van der Waals surface area contributed by atoms with E-state index in [1.807, 2.05) is 0 Å². The Kier molecular flexibility index (Phi) is 3.06. The lowest BCUT2D eigenvalue weighted by Gasteiger charge is -2.08. The van der Waals surface area contributed by atoms with Crippen LogP contribution in [0.25, 0.3) is 11.6 Å². The molecule has 1 amide bonds. The van der Waals surface area contributed by atoms with E-state index in [4.69, 9.17) is 9.47 Å². The quantitative estimate of drug-likeness (QED) is 0.805. The van der Waals surface area contributed by atoms with E-state index in [2.05, 4.69) is 5.32 Å². The number of nitrogens with one attached hydrogen (secondary N) is 1. The van der Waals surface area contributed by atoms with Crippen molar-refractivity contribution < 1.29 is 27.4 Å². The summed E-state index contributed by atoms with van der Waals surface area (Å²) in [7, 11) is 0. The Bertz CT molecular complexity index is 887. The molecule has 2 aromatic rings. The second kappa shape index (κ2) is 5.02. The van der Waals surface area contributed by atoms with Crippen LogP contribution < -0.4 is 14.8 Å². The highest BCUT2D eigenvalue weighted by Gasteiger charge is 2.33. The second-order valence-corrected chi connectivity index (χ2v) is 5.38. The van der Waals surface area contributed by atoms with Crippen molar-refractivity contribution in [1.29, 1.82) is 0 Å². The summed E-state index contributed by atoms with van der Waals surface area (Å²) in [6.45, 7) is 0.138. The Morgan fingerprint density at radius 3 is 2.62 bits per heavy atom. The van der Waals surface area contributed by atoms with E-state index in [9.17, 15) is 18.0 Å². The van der Waals surface area contributed by atoms with Gasteiger partial charge >= 0.3 is 6.18 Å². The van der Waals surface area contributed by atoms with Crippen molar-refractivity contribution in [3.63, 3.8) is 0 Å². The van der Waals surface area contributed by atoms with Crippen LogP contribution in [0, 0.1) is 0 Å². The molecule has 0 atom stereocenters. The highest BCUT2D eigenvalue weighted by molar-refractivity contribution is 6.34. The first-order chi connectivity index (χ1) is 11.4. The topological polar surface area (TPSA) is 47.6 Å². The molecule has 0 radical (unpaired) electrons. The number of amides is 1. The number of alkyl halides is 3. The summed E-state index contributed by atoms with van der Waals surface area (Å²) >= 11 is 0. The standard InChI is InChI=1S/C17H10F3NO3/c18-17(19,20)10-2-3-11-12(16(22)21-13(11)7-10)5-9-1-4-14-15(6-9)24-8-23-14/h1-7H,8H2,(H,21,22)/b12-5+. The van der Waals surface area contributed by atoms with Gasteiger partial charge in [0.05, 0.1) is 5.56 Å². The number of hydrogen-bond acceptors (Lipinski definition) is 3. The molecule has 122 valence electrons. The SMILES string of the molecule is O=C1Nc2cc(C(F)(F)F)ccc2/C1=C\c1ccc2c(c1)OCO2. The molecule has 0 spiro atoms. The molecule has 0 aromatic heterocycles. The van der Waals surface area contributed by atoms with E-state index in [0.29, 0.717) is 28.2 Å². The molecule has 0 fully saturated rings. The van der Waals surface area contributed by atoms with Crippen molar-refractivity contribution in [1.82, 2.24) is 0 Å². The number of hydrogen-bond donors (Lipinski definition) is 1. The number of carbonyl (C=O) groups is 1. The average Bonchev–Trinajstić information content (AvgIpc) is 3.10. The summed E-state index contributed by atoms with van der Waals surface area (Å²) in [5.41, 5.74) is 0.785. The minimum absolute atomic E-state index is 0.138. The van der Waals surface area contributed by atoms with E-state index >= 15 is 0 Å². The summed E-state index contributed by atoms with van der Waals surface area (Å²) in [4.78, 5) is 12.1. The maximum absolute atomic E-state index is 12.8. The van der Waals surface area contributed by atoms with Crippen molar-refractivity contribution in [2.75, 3.05) is 12.1 Å². The Balaban J connectivity index is 1.74. The molecule has 24 heavy (non-hydrogen) atoms. The van der Waals surface area contributed by atoms with E-state index in [1.54, 1.807) is 24.3 Å². The van der Waals surface area contributed by atoms with Gasteiger partial charge in [-0.3, -0.25) is 4.79 Å². The minimum Gasteiger partial charge on any atom is -0.454 e. The van der Waals surface area contributed by atoms with Gasteiger partial charge in [0.15, 0.2) is 11.5 Å². The van der Waals surface area contributed by atoms with Crippen LogP contribution in [0.2, 0.25) is 0 Å². The van der Waals surface area contributed by atoms with Gasteiger partial charge in [0.25, 0.3) is 5.91 Å². The molecule has 0 saturated heterocycles. The number of ether oxygens (including phenoxy) is 2. The van der Waals surface area contributed by atoms with Crippen LogP contribution in [0.5, 0.6) is 11.5 Å². The van der Waals surface area contributed by atoms with Gasteiger partial charge in [-0.2, -0.15) is 13.2 Å². The minimum atomic E-state index is -4.45. The summed E-state index contributed by atoms with van der Waals surface area (Å²) in [5.74, 6) is 0.737. The van der Waals surface area contributed by atoms with Crippen molar-refractivity contribution in [3.8, 4) is 11.5 Å². The van der Waals surface area contributed by atoms with Crippen molar-refractivity contribution in [2.24, 2.45) is 0 Å². The lowest BCUT2D eigenvalue weighted by molar-refractivity contribution is -0.137. The molecule has 0 bridgehead atoms. The van der Waals surface area contributed by atoms with Crippen LogP contribution in [0.15, 0.2) is 36.4 Å². The summed E-state index contributed by atoms with van der Waals surface area (Å²) < 4.78 is 48.8. The van der Waals surface area contributed by atoms with Crippen LogP contribution in [-0.4, -0.2) is 12.7 Å². The summed E-state index contributed by atoms with van der Waals surface area (Å²) in [6, 6.07) is 8.38. The third-order valence-corrected chi connectivity index (χ3v) is 3.84. The first-order valence-electron chi connectivity index (χ1n) is 7.06. The normalized spacial score (nSPS) is 17.1. The Labute approximate surface area is 134 Å².